The molecular weight excluding hydrogens is 473 g/mol. The van der Waals surface area contributed by atoms with Gasteiger partial charge in [-0.15, -0.1) is 0 Å². The molecule has 0 bridgehead atoms. The quantitative estimate of drug-likeness (QED) is 0.370. The molecule has 2 aromatic heterocycles. The van der Waals surface area contributed by atoms with Crippen molar-refractivity contribution in [2.45, 2.75) is 12.5 Å². The van der Waals surface area contributed by atoms with Crippen LogP contribution in [0.3, 0.4) is 0 Å². The molecule has 3 N–H and O–H groups in total. The van der Waals surface area contributed by atoms with Crippen molar-refractivity contribution in [3.05, 3.63) is 89.1 Å². The molecule has 0 spiro atoms. The molecule has 35 heavy (non-hydrogen) atoms. The smallest absolute Gasteiger partial charge is 0.268 e. The second-order valence-corrected chi connectivity index (χ2v) is 8.55. The van der Waals surface area contributed by atoms with E-state index >= 15 is 0 Å². The van der Waals surface area contributed by atoms with E-state index in [0.717, 1.165) is 22.5 Å². The number of pyridine rings is 1. The number of nitrogens with one attached hydrogen (secondary N) is 3. The second-order valence-electron chi connectivity index (χ2n) is 8.12. The van der Waals surface area contributed by atoms with E-state index in [1.54, 1.807) is 36.4 Å². The van der Waals surface area contributed by atoms with Crippen LogP contribution in [0.15, 0.2) is 66.9 Å². The summed E-state index contributed by atoms with van der Waals surface area (Å²) in [7, 11) is 0. The Balaban J connectivity index is 1.35. The van der Waals surface area contributed by atoms with E-state index in [2.05, 4.69) is 20.6 Å². The summed E-state index contributed by atoms with van der Waals surface area (Å²) < 4.78 is 13.0. The molecule has 1 aliphatic heterocycles. The Kier molecular flexibility index (Phi) is 5.92. The summed E-state index contributed by atoms with van der Waals surface area (Å²) >= 11 is 6.03. The summed E-state index contributed by atoms with van der Waals surface area (Å²) in [6.45, 7) is -0.287. The van der Waals surface area contributed by atoms with Gasteiger partial charge >= 0.3 is 0 Å². The van der Waals surface area contributed by atoms with E-state index in [1.807, 2.05) is 12.1 Å². The maximum Gasteiger partial charge on any atom is 0.268 e. The summed E-state index contributed by atoms with van der Waals surface area (Å²) in [4.78, 5) is 46.8. The molecule has 5 rings (SSSR count). The van der Waals surface area contributed by atoms with Gasteiger partial charge in [0, 0.05) is 28.0 Å². The second kappa shape index (κ2) is 9.19. The van der Waals surface area contributed by atoms with Gasteiger partial charge in [0.1, 0.15) is 18.3 Å². The molecule has 2 aromatic carbocycles. The van der Waals surface area contributed by atoms with Crippen LogP contribution in [0.5, 0.6) is 0 Å². The SMILES string of the molecule is O=C(CN1C(=O)C(NC(=O)c2cc3cc(Cl)ccc3[nH]2)Cc2ccccc21)Nc1ccc(F)nc1. The van der Waals surface area contributed by atoms with Gasteiger partial charge in [-0.1, -0.05) is 29.8 Å². The number of benzene rings is 2. The Bertz CT molecular complexity index is 1450. The molecule has 176 valence electrons. The molecule has 3 heterocycles. The molecule has 0 aliphatic carbocycles. The van der Waals surface area contributed by atoms with Gasteiger partial charge in [-0.05, 0) is 48.0 Å². The van der Waals surface area contributed by atoms with Crippen molar-refractivity contribution in [2.75, 3.05) is 16.8 Å². The number of nitrogens with zero attached hydrogens (tertiary/aromatic N) is 2. The monoisotopic (exact) mass is 491 g/mol. The lowest BCUT2D eigenvalue weighted by Crippen LogP contribution is -2.54. The van der Waals surface area contributed by atoms with E-state index in [0.29, 0.717) is 22.1 Å². The fraction of sp³-hybridized carbons (Fsp3) is 0.120. The van der Waals surface area contributed by atoms with Crippen LogP contribution in [0, 0.1) is 5.95 Å². The van der Waals surface area contributed by atoms with Crippen LogP contribution in [0.1, 0.15) is 16.1 Å². The standard InChI is InChI=1S/C25H19ClFN5O3/c26-16-5-7-18-15(9-16)11-19(30-18)24(34)31-20-10-14-3-1-2-4-21(14)32(25(20)35)13-23(33)29-17-6-8-22(27)28-12-17/h1-9,11-12,20,30H,10,13H2,(H,29,33)(H,31,34). The van der Waals surface area contributed by atoms with Crippen molar-refractivity contribution in [3.8, 4) is 0 Å². The topological polar surface area (TPSA) is 107 Å². The average Bonchev–Trinajstić information content (AvgIpc) is 3.26. The predicted octanol–water partition coefficient (Wildman–Crippen LogP) is 3.68. The van der Waals surface area contributed by atoms with Gasteiger partial charge < -0.3 is 20.5 Å². The summed E-state index contributed by atoms with van der Waals surface area (Å²) in [5.41, 5.74) is 2.75. The third kappa shape index (κ3) is 4.71. The van der Waals surface area contributed by atoms with Crippen molar-refractivity contribution in [3.63, 3.8) is 0 Å². The molecule has 0 radical (unpaired) electrons. The maximum atomic E-state index is 13.3. The summed E-state index contributed by atoms with van der Waals surface area (Å²) in [5.74, 6) is -2.01. The number of hydrogen-bond acceptors (Lipinski definition) is 4. The van der Waals surface area contributed by atoms with Gasteiger partial charge in [0.25, 0.3) is 5.91 Å². The molecule has 1 aliphatic rings. The van der Waals surface area contributed by atoms with Crippen LogP contribution in [0.2, 0.25) is 5.02 Å². The highest BCUT2D eigenvalue weighted by atomic mass is 35.5. The number of halogens is 2. The first-order valence-electron chi connectivity index (χ1n) is 10.8. The summed E-state index contributed by atoms with van der Waals surface area (Å²) in [6.07, 6.45) is 1.47. The molecule has 1 unspecified atom stereocenters. The summed E-state index contributed by atoms with van der Waals surface area (Å²) in [5, 5.41) is 6.71. The number of fused-ring (bicyclic) bond motifs is 2. The highest BCUT2D eigenvalue weighted by molar-refractivity contribution is 6.31. The van der Waals surface area contributed by atoms with Gasteiger partial charge in [0.05, 0.1) is 11.9 Å². The van der Waals surface area contributed by atoms with Gasteiger partial charge in [-0.25, -0.2) is 4.98 Å². The minimum atomic E-state index is -0.868. The average molecular weight is 492 g/mol. The van der Waals surface area contributed by atoms with E-state index < -0.39 is 29.7 Å². The predicted molar refractivity (Wildman–Crippen MR) is 130 cm³/mol. The number of carbonyl (C=O) groups is 3. The fourth-order valence-corrected chi connectivity index (χ4v) is 4.27. The zero-order valence-electron chi connectivity index (χ0n) is 18.2. The van der Waals surface area contributed by atoms with Gasteiger partial charge in [-0.2, -0.15) is 4.39 Å². The number of para-hydroxylation sites is 1. The highest BCUT2D eigenvalue weighted by Crippen LogP contribution is 2.28. The molecule has 4 aromatic rings. The lowest BCUT2D eigenvalue weighted by molar-refractivity contribution is -0.123. The number of amides is 3. The zero-order valence-corrected chi connectivity index (χ0v) is 19.0. The third-order valence-electron chi connectivity index (χ3n) is 5.72. The van der Waals surface area contributed by atoms with Crippen molar-refractivity contribution >= 4 is 51.6 Å². The fourth-order valence-electron chi connectivity index (χ4n) is 4.09. The number of carbonyl (C=O) groups excluding carboxylic acids is 3. The molecular formula is C25H19ClFN5O3. The van der Waals surface area contributed by atoms with Crippen molar-refractivity contribution in [1.29, 1.82) is 0 Å². The van der Waals surface area contributed by atoms with E-state index in [-0.39, 0.29) is 13.0 Å². The van der Waals surface area contributed by atoms with Gasteiger partial charge in [0.2, 0.25) is 17.8 Å². The van der Waals surface area contributed by atoms with Gasteiger partial charge in [-0.3, -0.25) is 14.4 Å². The first-order valence-corrected chi connectivity index (χ1v) is 11.1. The zero-order chi connectivity index (χ0) is 24.5. The minimum absolute atomic E-state index is 0.285. The molecule has 0 saturated carbocycles. The van der Waals surface area contributed by atoms with E-state index in [9.17, 15) is 18.8 Å². The largest absolute Gasteiger partial charge is 0.351 e. The first kappa shape index (κ1) is 22.5. The van der Waals surface area contributed by atoms with Crippen LogP contribution >= 0.6 is 11.6 Å². The van der Waals surface area contributed by atoms with Crippen LogP contribution in [-0.4, -0.2) is 40.3 Å². The normalized spacial score (nSPS) is 15.1. The molecule has 0 saturated heterocycles. The molecule has 10 heteroatoms. The van der Waals surface area contributed by atoms with Crippen molar-refractivity contribution < 1.29 is 18.8 Å². The van der Waals surface area contributed by atoms with Gasteiger partial charge in [0.15, 0.2) is 0 Å². The Morgan fingerprint density at radius 2 is 1.97 bits per heavy atom. The summed E-state index contributed by atoms with van der Waals surface area (Å²) in [6, 6.07) is 15.7. The van der Waals surface area contributed by atoms with Crippen LogP contribution in [0.4, 0.5) is 15.8 Å². The Hall–Kier alpha value is -4.24. The van der Waals surface area contributed by atoms with Crippen LogP contribution in [-0.2, 0) is 16.0 Å². The lowest BCUT2D eigenvalue weighted by Gasteiger charge is -2.34. The molecule has 3 amide bonds. The first-order chi connectivity index (χ1) is 16.9. The van der Waals surface area contributed by atoms with E-state index in [1.165, 1.54) is 17.2 Å². The molecule has 8 nitrogen and oxygen atoms in total. The highest BCUT2D eigenvalue weighted by Gasteiger charge is 2.35. The number of H-pyrrole nitrogens is 1. The Morgan fingerprint density at radius 1 is 1.14 bits per heavy atom. The van der Waals surface area contributed by atoms with Crippen LogP contribution in [0.25, 0.3) is 10.9 Å². The maximum absolute atomic E-state index is 13.3. The lowest BCUT2D eigenvalue weighted by atomic mass is 9.97. The van der Waals surface area contributed by atoms with Crippen LogP contribution < -0.4 is 15.5 Å². The van der Waals surface area contributed by atoms with E-state index in [4.69, 9.17) is 11.6 Å². The Morgan fingerprint density at radius 3 is 2.77 bits per heavy atom. The minimum Gasteiger partial charge on any atom is -0.351 e. The number of rotatable bonds is 5. The number of aromatic amines is 1. The number of aromatic nitrogens is 2. The number of anilines is 2. The number of hydrogen-bond donors (Lipinski definition) is 3. The molecule has 1 atom stereocenters. The third-order valence-corrected chi connectivity index (χ3v) is 5.95. The Labute approximate surface area is 204 Å². The van der Waals surface area contributed by atoms with Crippen molar-refractivity contribution in [1.82, 2.24) is 15.3 Å². The van der Waals surface area contributed by atoms with Crippen molar-refractivity contribution in [2.24, 2.45) is 0 Å². The molecule has 0 fully saturated rings.